The predicted octanol–water partition coefficient (Wildman–Crippen LogP) is 3.99. The second-order valence-electron chi connectivity index (χ2n) is 4.27. The van der Waals surface area contributed by atoms with Crippen LogP contribution in [0.3, 0.4) is 0 Å². The Hall–Kier alpha value is -1.65. The molecule has 0 amide bonds. The maximum atomic E-state index is 11.0. The van der Waals surface area contributed by atoms with Gasteiger partial charge in [0, 0.05) is 15.6 Å². The molecule has 2 rings (SSSR count). The molecule has 0 saturated carbocycles. The van der Waals surface area contributed by atoms with Crippen LogP contribution in [0.1, 0.15) is 21.5 Å². The molecule has 3 nitrogen and oxygen atoms in total. The molecule has 0 saturated heterocycles. The Labute approximate surface area is 126 Å². The molecular formula is C16H15BrO3. The lowest BCUT2D eigenvalue weighted by molar-refractivity contribution is 0.103. The average Bonchev–Trinajstić information content (AvgIpc) is 2.49. The van der Waals surface area contributed by atoms with Gasteiger partial charge >= 0.3 is 0 Å². The van der Waals surface area contributed by atoms with Crippen molar-refractivity contribution in [3.63, 3.8) is 0 Å². The zero-order valence-electron chi connectivity index (χ0n) is 11.1. The Morgan fingerprint density at radius 3 is 2.50 bits per heavy atom. The summed E-state index contributed by atoms with van der Waals surface area (Å²) >= 11 is 3.44. The number of carbonyl (C=O) groups is 1. The van der Waals surface area contributed by atoms with Crippen molar-refractivity contribution >= 4 is 22.2 Å². The molecule has 0 spiro atoms. The van der Waals surface area contributed by atoms with Crippen LogP contribution in [0.5, 0.6) is 5.75 Å². The van der Waals surface area contributed by atoms with Crippen LogP contribution in [-0.4, -0.2) is 13.4 Å². The van der Waals surface area contributed by atoms with Gasteiger partial charge in [0.15, 0.2) is 0 Å². The van der Waals surface area contributed by atoms with Gasteiger partial charge < -0.3 is 9.47 Å². The van der Waals surface area contributed by atoms with E-state index in [2.05, 4.69) is 15.9 Å². The first-order valence-corrected chi connectivity index (χ1v) is 6.97. The van der Waals surface area contributed by atoms with E-state index < -0.39 is 0 Å². The van der Waals surface area contributed by atoms with Gasteiger partial charge in [-0.2, -0.15) is 0 Å². The van der Waals surface area contributed by atoms with E-state index in [-0.39, 0.29) is 0 Å². The summed E-state index contributed by atoms with van der Waals surface area (Å²) in [4.78, 5) is 11.0. The summed E-state index contributed by atoms with van der Waals surface area (Å²) in [7, 11) is 1.64. The normalized spacial score (nSPS) is 10.3. The van der Waals surface area contributed by atoms with Crippen LogP contribution in [0.2, 0.25) is 0 Å². The Morgan fingerprint density at radius 1 is 1.10 bits per heavy atom. The second kappa shape index (κ2) is 7.22. The summed E-state index contributed by atoms with van der Waals surface area (Å²) < 4.78 is 11.7. The number of ether oxygens (including phenoxy) is 2. The molecular weight excluding hydrogens is 320 g/mol. The van der Waals surface area contributed by atoms with Gasteiger partial charge in [0.1, 0.15) is 12.0 Å². The van der Waals surface area contributed by atoms with E-state index in [4.69, 9.17) is 9.47 Å². The largest absolute Gasteiger partial charge is 0.497 e. The first-order valence-electron chi connectivity index (χ1n) is 6.18. The molecule has 0 bridgehead atoms. The maximum absolute atomic E-state index is 11.0. The second-order valence-corrected chi connectivity index (χ2v) is 5.12. The number of hydrogen-bond acceptors (Lipinski definition) is 3. The highest BCUT2D eigenvalue weighted by Crippen LogP contribution is 2.21. The van der Waals surface area contributed by atoms with Crippen LogP contribution in [-0.2, 0) is 18.0 Å². The predicted molar refractivity (Wildman–Crippen MR) is 81.0 cm³/mol. The van der Waals surface area contributed by atoms with Crippen molar-refractivity contribution in [1.82, 2.24) is 0 Å². The third kappa shape index (κ3) is 3.68. The zero-order valence-corrected chi connectivity index (χ0v) is 12.7. The zero-order chi connectivity index (χ0) is 14.4. The number of halogens is 1. The molecule has 0 aliphatic carbocycles. The standard InChI is InChI=1S/C16H15BrO3/c1-19-14-7-5-12(6-8-14)10-20-11-15-13(9-18)3-2-4-16(15)17/h2-9H,10-11H2,1H3. The summed E-state index contributed by atoms with van der Waals surface area (Å²) in [5, 5.41) is 0. The molecule has 0 atom stereocenters. The van der Waals surface area contributed by atoms with Gasteiger partial charge in [-0.3, -0.25) is 4.79 Å². The fourth-order valence-corrected chi connectivity index (χ4v) is 2.33. The number of rotatable bonds is 6. The fraction of sp³-hybridized carbons (Fsp3) is 0.188. The lowest BCUT2D eigenvalue weighted by atomic mass is 10.1. The Balaban J connectivity index is 1.97. The summed E-state index contributed by atoms with van der Waals surface area (Å²) in [6.07, 6.45) is 0.844. The third-order valence-electron chi connectivity index (χ3n) is 2.96. The summed E-state index contributed by atoms with van der Waals surface area (Å²) in [5.74, 6) is 0.822. The van der Waals surface area contributed by atoms with Crippen LogP contribution in [0.25, 0.3) is 0 Å². The van der Waals surface area contributed by atoms with E-state index in [1.54, 1.807) is 13.2 Å². The topological polar surface area (TPSA) is 35.5 Å². The van der Waals surface area contributed by atoms with Crippen molar-refractivity contribution in [3.8, 4) is 5.75 Å². The molecule has 20 heavy (non-hydrogen) atoms. The van der Waals surface area contributed by atoms with Crippen LogP contribution in [0, 0.1) is 0 Å². The molecule has 4 heteroatoms. The van der Waals surface area contributed by atoms with Crippen molar-refractivity contribution in [2.24, 2.45) is 0 Å². The molecule has 2 aromatic rings. The summed E-state index contributed by atoms with van der Waals surface area (Å²) in [6.45, 7) is 0.880. The van der Waals surface area contributed by atoms with Crippen LogP contribution in [0.15, 0.2) is 46.9 Å². The minimum Gasteiger partial charge on any atom is -0.497 e. The smallest absolute Gasteiger partial charge is 0.150 e. The van der Waals surface area contributed by atoms with Crippen molar-refractivity contribution in [2.75, 3.05) is 7.11 Å². The quantitative estimate of drug-likeness (QED) is 0.749. The Kier molecular flexibility index (Phi) is 5.32. The molecule has 104 valence electrons. The lowest BCUT2D eigenvalue weighted by Gasteiger charge is -2.09. The number of aldehydes is 1. The highest BCUT2D eigenvalue weighted by Gasteiger charge is 2.06. The van der Waals surface area contributed by atoms with Gasteiger partial charge in [0.25, 0.3) is 0 Å². The maximum Gasteiger partial charge on any atom is 0.150 e. The van der Waals surface area contributed by atoms with E-state index in [1.807, 2.05) is 36.4 Å². The molecule has 2 aromatic carbocycles. The van der Waals surface area contributed by atoms with E-state index in [0.29, 0.717) is 18.8 Å². The number of benzene rings is 2. The molecule has 0 unspecified atom stereocenters. The molecule has 0 aliphatic heterocycles. The Bertz CT molecular complexity index is 579. The van der Waals surface area contributed by atoms with Gasteiger partial charge in [-0.05, 0) is 23.8 Å². The van der Waals surface area contributed by atoms with Crippen molar-refractivity contribution in [2.45, 2.75) is 13.2 Å². The van der Waals surface area contributed by atoms with Crippen LogP contribution >= 0.6 is 15.9 Å². The van der Waals surface area contributed by atoms with Gasteiger partial charge in [0.2, 0.25) is 0 Å². The van der Waals surface area contributed by atoms with Crippen molar-refractivity contribution < 1.29 is 14.3 Å². The molecule has 0 N–H and O–H groups in total. The third-order valence-corrected chi connectivity index (χ3v) is 3.70. The molecule has 0 aliphatic rings. The van der Waals surface area contributed by atoms with Crippen molar-refractivity contribution in [3.05, 3.63) is 63.6 Å². The summed E-state index contributed by atoms with van der Waals surface area (Å²) in [5.41, 5.74) is 2.58. The number of hydrogen-bond donors (Lipinski definition) is 0. The van der Waals surface area contributed by atoms with Crippen LogP contribution < -0.4 is 4.74 Å². The minimum absolute atomic E-state index is 0.390. The molecule has 0 radical (unpaired) electrons. The van der Waals surface area contributed by atoms with E-state index in [9.17, 15) is 4.79 Å². The first kappa shape index (κ1) is 14.8. The molecule has 0 heterocycles. The highest BCUT2D eigenvalue weighted by atomic mass is 79.9. The van der Waals surface area contributed by atoms with Crippen molar-refractivity contribution in [1.29, 1.82) is 0 Å². The van der Waals surface area contributed by atoms with E-state index in [0.717, 1.165) is 27.6 Å². The van der Waals surface area contributed by atoms with Gasteiger partial charge in [-0.25, -0.2) is 0 Å². The molecule has 0 fully saturated rings. The number of carbonyl (C=O) groups excluding carboxylic acids is 1. The fourth-order valence-electron chi connectivity index (χ4n) is 1.83. The average molecular weight is 335 g/mol. The highest BCUT2D eigenvalue weighted by molar-refractivity contribution is 9.10. The lowest BCUT2D eigenvalue weighted by Crippen LogP contribution is -1.99. The van der Waals surface area contributed by atoms with Crippen LogP contribution in [0.4, 0.5) is 0 Å². The van der Waals surface area contributed by atoms with Gasteiger partial charge in [-0.15, -0.1) is 0 Å². The van der Waals surface area contributed by atoms with Gasteiger partial charge in [-0.1, -0.05) is 40.2 Å². The monoisotopic (exact) mass is 334 g/mol. The summed E-state index contributed by atoms with van der Waals surface area (Å²) in [6, 6.07) is 13.2. The first-order chi connectivity index (χ1) is 9.74. The molecule has 0 aromatic heterocycles. The van der Waals surface area contributed by atoms with Gasteiger partial charge in [0.05, 0.1) is 20.3 Å². The van der Waals surface area contributed by atoms with E-state index in [1.165, 1.54) is 0 Å². The number of methoxy groups -OCH3 is 1. The Morgan fingerprint density at radius 2 is 1.85 bits per heavy atom. The minimum atomic E-state index is 0.390. The SMILES string of the molecule is COc1ccc(COCc2c(Br)cccc2C=O)cc1. The van der Waals surface area contributed by atoms with E-state index >= 15 is 0 Å².